The number of benzene rings is 2. The van der Waals surface area contributed by atoms with Gasteiger partial charge >= 0.3 is 0 Å². The van der Waals surface area contributed by atoms with E-state index in [1.54, 1.807) is 0 Å². The van der Waals surface area contributed by atoms with Gasteiger partial charge in [0.1, 0.15) is 5.82 Å². The van der Waals surface area contributed by atoms with E-state index >= 15 is 0 Å². The van der Waals surface area contributed by atoms with Crippen LogP contribution in [0.25, 0.3) is 11.3 Å². The largest absolute Gasteiger partial charge is 0.352 e. The van der Waals surface area contributed by atoms with Crippen molar-refractivity contribution >= 4 is 27.4 Å². The maximum atomic E-state index is 13.4. The molecule has 1 aromatic heterocycles. The first kappa shape index (κ1) is 22.6. The van der Waals surface area contributed by atoms with Crippen molar-refractivity contribution < 1.29 is 12.8 Å². The number of hydrogen-bond acceptors (Lipinski definition) is 5. The Bertz CT molecular complexity index is 1260. The van der Waals surface area contributed by atoms with Gasteiger partial charge in [-0.05, 0) is 73.9 Å². The Kier molecular flexibility index (Phi) is 6.20. The summed E-state index contributed by atoms with van der Waals surface area (Å²) in [5.74, 6) is 0.0607. The van der Waals surface area contributed by atoms with E-state index in [0.717, 1.165) is 29.0 Å². The molecule has 1 aliphatic rings. The molecule has 32 heavy (non-hydrogen) atoms. The molecule has 6 nitrogen and oxygen atoms in total. The first-order valence-electron chi connectivity index (χ1n) is 10.3. The van der Waals surface area contributed by atoms with Gasteiger partial charge in [-0.15, -0.1) is 10.2 Å². The number of piperazine rings is 1. The van der Waals surface area contributed by atoms with Crippen molar-refractivity contribution in [3.05, 3.63) is 70.0 Å². The van der Waals surface area contributed by atoms with Crippen LogP contribution in [0.5, 0.6) is 0 Å². The molecule has 9 heteroatoms. The summed E-state index contributed by atoms with van der Waals surface area (Å²) >= 11 is 5.76. The quantitative estimate of drug-likeness (QED) is 0.561. The van der Waals surface area contributed by atoms with Crippen molar-refractivity contribution in [3.63, 3.8) is 0 Å². The summed E-state index contributed by atoms with van der Waals surface area (Å²) in [4.78, 5) is 2.00. The zero-order chi connectivity index (χ0) is 23.0. The molecule has 1 saturated heterocycles. The molecule has 1 fully saturated rings. The number of nitrogens with zero attached hydrogens (tertiary/aromatic N) is 4. The van der Waals surface area contributed by atoms with Crippen LogP contribution in [-0.4, -0.2) is 49.1 Å². The number of hydrogen-bond donors (Lipinski definition) is 0. The molecule has 0 amide bonds. The molecule has 0 saturated carbocycles. The van der Waals surface area contributed by atoms with Crippen molar-refractivity contribution in [3.8, 4) is 11.3 Å². The Morgan fingerprint density at radius 3 is 2.19 bits per heavy atom. The highest BCUT2D eigenvalue weighted by atomic mass is 35.5. The molecule has 3 aromatic rings. The molecular formula is C23H24ClFN4O2S. The minimum Gasteiger partial charge on any atom is -0.352 e. The normalized spacial score (nSPS) is 15.2. The van der Waals surface area contributed by atoms with E-state index in [-0.39, 0.29) is 23.0 Å². The van der Waals surface area contributed by atoms with E-state index in [1.807, 2.05) is 17.0 Å². The van der Waals surface area contributed by atoms with E-state index in [0.29, 0.717) is 18.9 Å². The highest BCUT2D eigenvalue weighted by molar-refractivity contribution is 7.89. The Labute approximate surface area is 192 Å². The fourth-order valence-corrected chi connectivity index (χ4v) is 5.51. The lowest BCUT2D eigenvalue weighted by molar-refractivity contribution is 0.383. The van der Waals surface area contributed by atoms with E-state index < -0.39 is 15.8 Å². The van der Waals surface area contributed by atoms with Gasteiger partial charge in [-0.25, -0.2) is 12.8 Å². The molecule has 1 aliphatic heterocycles. The number of aromatic nitrogens is 2. The minimum absolute atomic E-state index is 0.00902. The van der Waals surface area contributed by atoms with E-state index in [4.69, 9.17) is 11.6 Å². The van der Waals surface area contributed by atoms with Crippen LogP contribution in [0.1, 0.15) is 16.7 Å². The van der Waals surface area contributed by atoms with Gasteiger partial charge in [0, 0.05) is 31.7 Å². The van der Waals surface area contributed by atoms with Crippen molar-refractivity contribution in [2.75, 3.05) is 31.1 Å². The lowest BCUT2D eigenvalue weighted by atomic mass is 9.99. The highest BCUT2D eigenvalue weighted by Crippen LogP contribution is 2.27. The SMILES string of the molecule is Cc1cc(C)c(-c2ccc(N3CCN(S(=O)(=O)c4ccc(F)c(Cl)c4)CC3)nn2)cc1C. The number of aryl methyl sites for hydroxylation is 3. The molecule has 168 valence electrons. The molecule has 0 N–H and O–H groups in total. The number of anilines is 1. The highest BCUT2D eigenvalue weighted by Gasteiger charge is 2.29. The van der Waals surface area contributed by atoms with Crippen LogP contribution in [0.3, 0.4) is 0 Å². The molecule has 0 spiro atoms. The van der Waals surface area contributed by atoms with Crippen LogP contribution < -0.4 is 4.90 Å². The molecule has 0 atom stereocenters. The van der Waals surface area contributed by atoms with Crippen LogP contribution in [-0.2, 0) is 10.0 Å². The molecule has 4 rings (SSSR count). The molecular weight excluding hydrogens is 451 g/mol. The number of rotatable bonds is 4. The number of halogens is 2. The summed E-state index contributed by atoms with van der Waals surface area (Å²) in [5.41, 5.74) is 5.46. The predicted octanol–water partition coefficient (Wildman–Crippen LogP) is 4.37. The third kappa shape index (κ3) is 4.35. The fourth-order valence-electron chi connectivity index (χ4n) is 3.82. The predicted molar refractivity (Wildman–Crippen MR) is 124 cm³/mol. The third-order valence-corrected chi connectivity index (χ3v) is 8.04. The molecule has 2 aromatic carbocycles. The summed E-state index contributed by atoms with van der Waals surface area (Å²) in [6.07, 6.45) is 0. The van der Waals surface area contributed by atoms with Crippen molar-refractivity contribution in [1.29, 1.82) is 0 Å². The minimum atomic E-state index is -3.74. The first-order valence-corrected chi connectivity index (χ1v) is 12.1. The maximum absolute atomic E-state index is 13.4. The van der Waals surface area contributed by atoms with Crippen LogP contribution >= 0.6 is 11.6 Å². The molecule has 0 unspecified atom stereocenters. The van der Waals surface area contributed by atoms with Gasteiger partial charge in [0.2, 0.25) is 10.0 Å². The van der Waals surface area contributed by atoms with Crippen LogP contribution in [0, 0.1) is 26.6 Å². The monoisotopic (exact) mass is 474 g/mol. The van der Waals surface area contributed by atoms with Gasteiger partial charge in [0.15, 0.2) is 5.82 Å². The lowest BCUT2D eigenvalue weighted by Gasteiger charge is -2.34. The average Bonchev–Trinajstić information content (AvgIpc) is 2.78. The van der Waals surface area contributed by atoms with Gasteiger partial charge in [-0.3, -0.25) is 0 Å². The Balaban J connectivity index is 1.46. The third-order valence-electron chi connectivity index (χ3n) is 5.86. The standard InChI is InChI=1S/C23H24ClFN4O2S/c1-15-12-17(3)19(13-16(15)2)22-6-7-23(27-26-22)28-8-10-29(11-9-28)32(30,31)18-4-5-21(25)20(24)14-18/h4-7,12-14H,8-11H2,1-3H3. The smallest absolute Gasteiger partial charge is 0.243 e. The Hall–Kier alpha value is -2.55. The first-order chi connectivity index (χ1) is 15.2. The van der Waals surface area contributed by atoms with Gasteiger partial charge in [-0.2, -0.15) is 4.31 Å². The molecule has 0 aliphatic carbocycles. The van der Waals surface area contributed by atoms with Gasteiger partial charge in [0.05, 0.1) is 15.6 Å². The van der Waals surface area contributed by atoms with Crippen molar-refractivity contribution in [2.45, 2.75) is 25.7 Å². The average molecular weight is 475 g/mol. The van der Waals surface area contributed by atoms with Crippen LogP contribution in [0.15, 0.2) is 47.4 Å². The molecule has 0 radical (unpaired) electrons. The summed E-state index contributed by atoms with van der Waals surface area (Å²) in [7, 11) is -3.74. The molecule has 2 heterocycles. The van der Waals surface area contributed by atoms with Crippen LogP contribution in [0.2, 0.25) is 5.02 Å². The Morgan fingerprint density at radius 1 is 0.875 bits per heavy atom. The van der Waals surface area contributed by atoms with Gasteiger partial charge in [-0.1, -0.05) is 17.7 Å². The summed E-state index contributed by atoms with van der Waals surface area (Å²) in [6.45, 7) is 7.76. The summed E-state index contributed by atoms with van der Waals surface area (Å²) in [5, 5.41) is 8.59. The maximum Gasteiger partial charge on any atom is 0.243 e. The fraction of sp³-hybridized carbons (Fsp3) is 0.304. The second kappa shape index (κ2) is 8.77. The van der Waals surface area contributed by atoms with Crippen molar-refractivity contribution in [1.82, 2.24) is 14.5 Å². The van der Waals surface area contributed by atoms with Crippen molar-refractivity contribution in [2.24, 2.45) is 0 Å². The topological polar surface area (TPSA) is 66.4 Å². The zero-order valence-electron chi connectivity index (χ0n) is 18.1. The Morgan fingerprint density at radius 2 is 1.56 bits per heavy atom. The van der Waals surface area contributed by atoms with Crippen LogP contribution in [0.4, 0.5) is 10.2 Å². The van der Waals surface area contributed by atoms with E-state index in [1.165, 1.54) is 21.5 Å². The lowest BCUT2D eigenvalue weighted by Crippen LogP contribution is -2.49. The molecule has 0 bridgehead atoms. The van der Waals surface area contributed by atoms with Gasteiger partial charge < -0.3 is 4.90 Å². The van der Waals surface area contributed by atoms with E-state index in [2.05, 4.69) is 43.1 Å². The van der Waals surface area contributed by atoms with Gasteiger partial charge in [0.25, 0.3) is 0 Å². The second-order valence-corrected chi connectivity index (χ2v) is 10.3. The number of sulfonamides is 1. The van der Waals surface area contributed by atoms with E-state index in [9.17, 15) is 12.8 Å². The second-order valence-electron chi connectivity index (χ2n) is 8.00. The summed E-state index contributed by atoms with van der Waals surface area (Å²) < 4.78 is 40.5. The summed E-state index contributed by atoms with van der Waals surface area (Å²) in [6, 6.07) is 11.6. The zero-order valence-corrected chi connectivity index (χ0v) is 19.7.